The quantitative estimate of drug-likeness (QED) is 0.860. The Morgan fingerprint density at radius 1 is 1.30 bits per heavy atom. The molecule has 0 radical (unpaired) electrons. The van der Waals surface area contributed by atoms with Crippen LogP contribution in [-0.2, 0) is 4.79 Å². The predicted molar refractivity (Wildman–Crippen MR) is 90.8 cm³/mol. The molecule has 1 fully saturated rings. The second kappa shape index (κ2) is 7.54. The number of carbonyl (C=O) groups excluding carboxylic acids is 1. The zero-order valence-electron chi connectivity index (χ0n) is 12.9. The Kier molecular flexibility index (Phi) is 4.99. The monoisotopic (exact) mass is 308 g/mol. The third-order valence-corrected chi connectivity index (χ3v) is 3.96. The van der Waals surface area contributed by atoms with E-state index in [2.05, 4.69) is 44.5 Å². The molecule has 1 N–H and O–H groups in total. The van der Waals surface area contributed by atoms with Crippen molar-refractivity contribution in [1.29, 1.82) is 0 Å². The Balaban J connectivity index is 1.44. The van der Waals surface area contributed by atoms with Gasteiger partial charge < -0.3 is 10.2 Å². The number of rotatable bonds is 5. The molecular weight excluding hydrogens is 288 g/mol. The molecule has 5 heteroatoms. The maximum atomic E-state index is 11.9. The van der Waals surface area contributed by atoms with E-state index in [1.54, 1.807) is 24.7 Å². The molecule has 118 valence electrons. The molecule has 0 aliphatic carbocycles. The first-order valence-electron chi connectivity index (χ1n) is 7.83. The van der Waals surface area contributed by atoms with E-state index < -0.39 is 0 Å². The molecule has 0 saturated carbocycles. The van der Waals surface area contributed by atoms with Crippen LogP contribution in [0, 0.1) is 5.92 Å². The second-order valence-electron chi connectivity index (χ2n) is 5.65. The Morgan fingerprint density at radius 2 is 2.17 bits per heavy atom. The summed E-state index contributed by atoms with van der Waals surface area (Å²) in [5.41, 5.74) is 1.93. The van der Waals surface area contributed by atoms with Crippen LogP contribution >= 0.6 is 0 Å². The van der Waals surface area contributed by atoms with Crippen molar-refractivity contribution in [1.82, 2.24) is 15.3 Å². The summed E-state index contributed by atoms with van der Waals surface area (Å²) in [5.74, 6) is 0.401. The van der Waals surface area contributed by atoms with Crippen LogP contribution in [0.1, 0.15) is 12.1 Å². The fraction of sp³-hybridized carbons (Fsp3) is 0.278. The number of anilines is 1. The van der Waals surface area contributed by atoms with Crippen molar-refractivity contribution >= 4 is 17.7 Å². The summed E-state index contributed by atoms with van der Waals surface area (Å²) in [7, 11) is 0. The van der Waals surface area contributed by atoms with Crippen LogP contribution < -0.4 is 10.2 Å². The van der Waals surface area contributed by atoms with Crippen LogP contribution in [0.15, 0.2) is 55.0 Å². The minimum Gasteiger partial charge on any atom is -0.371 e. The number of hydrogen-bond acceptors (Lipinski definition) is 4. The number of nitrogens with one attached hydrogen (secondary N) is 1. The van der Waals surface area contributed by atoms with Crippen molar-refractivity contribution in [3.63, 3.8) is 0 Å². The van der Waals surface area contributed by atoms with Gasteiger partial charge in [-0.1, -0.05) is 18.2 Å². The summed E-state index contributed by atoms with van der Waals surface area (Å²) >= 11 is 0. The van der Waals surface area contributed by atoms with E-state index in [0.29, 0.717) is 18.2 Å². The van der Waals surface area contributed by atoms with Gasteiger partial charge in [0.05, 0.1) is 11.9 Å². The summed E-state index contributed by atoms with van der Waals surface area (Å²) < 4.78 is 0. The number of amides is 1. The van der Waals surface area contributed by atoms with E-state index in [0.717, 1.165) is 19.5 Å². The zero-order chi connectivity index (χ0) is 15.9. The lowest BCUT2D eigenvalue weighted by atomic mass is 10.1. The fourth-order valence-corrected chi connectivity index (χ4v) is 2.73. The Morgan fingerprint density at radius 3 is 2.96 bits per heavy atom. The first-order valence-corrected chi connectivity index (χ1v) is 7.83. The number of nitrogens with zero attached hydrogens (tertiary/aromatic N) is 3. The molecule has 1 aliphatic rings. The fourth-order valence-electron chi connectivity index (χ4n) is 2.73. The third-order valence-electron chi connectivity index (χ3n) is 3.96. The van der Waals surface area contributed by atoms with E-state index in [-0.39, 0.29) is 5.91 Å². The van der Waals surface area contributed by atoms with E-state index in [1.807, 2.05) is 6.07 Å². The Labute approximate surface area is 136 Å². The van der Waals surface area contributed by atoms with Gasteiger partial charge in [-0.3, -0.25) is 14.8 Å². The molecule has 2 heterocycles. The summed E-state index contributed by atoms with van der Waals surface area (Å²) in [6.07, 6.45) is 9.12. The van der Waals surface area contributed by atoms with Gasteiger partial charge in [-0.05, 0) is 30.5 Å². The maximum absolute atomic E-state index is 11.9. The molecule has 23 heavy (non-hydrogen) atoms. The van der Waals surface area contributed by atoms with Crippen molar-refractivity contribution < 1.29 is 4.79 Å². The third kappa shape index (κ3) is 4.39. The van der Waals surface area contributed by atoms with Gasteiger partial charge in [0.1, 0.15) is 0 Å². The van der Waals surface area contributed by atoms with Gasteiger partial charge in [-0.15, -0.1) is 0 Å². The van der Waals surface area contributed by atoms with Gasteiger partial charge in [0.2, 0.25) is 5.91 Å². The molecule has 5 nitrogen and oxygen atoms in total. The summed E-state index contributed by atoms with van der Waals surface area (Å²) in [6, 6.07) is 10.4. The molecule has 1 amide bonds. The number of carbonyl (C=O) groups is 1. The number of hydrogen-bond donors (Lipinski definition) is 1. The van der Waals surface area contributed by atoms with E-state index >= 15 is 0 Å². The van der Waals surface area contributed by atoms with E-state index in [1.165, 1.54) is 11.8 Å². The highest BCUT2D eigenvalue weighted by molar-refractivity contribution is 5.91. The molecule has 0 bridgehead atoms. The van der Waals surface area contributed by atoms with Gasteiger partial charge in [-0.2, -0.15) is 0 Å². The number of para-hydroxylation sites is 1. The second-order valence-corrected chi connectivity index (χ2v) is 5.65. The van der Waals surface area contributed by atoms with Crippen LogP contribution in [0.5, 0.6) is 0 Å². The lowest BCUT2D eigenvalue weighted by Crippen LogP contribution is -2.29. The standard InChI is InChI=1S/C18H20N4O/c23-18(7-6-16-13-19-9-10-20-16)21-12-15-8-11-22(14-15)17-4-2-1-3-5-17/h1-7,9-10,13,15H,8,11-12,14H2,(H,21,23). The molecule has 2 aromatic rings. The first-order chi connectivity index (χ1) is 11.3. The average molecular weight is 308 g/mol. The minimum atomic E-state index is -0.0891. The summed E-state index contributed by atoms with van der Waals surface area (Å²) in [4.78, 5) is 22.3. The molecule has 1 aliphatic heterocycles. The van der Waals surface area contributed by atoms with Gasteiger partial charge in [-0.25, -0.2) is 0 Å². The van der Waals surface area contributed by atoms with Crippen molar-refractivity contribution in [2.45, 2.75) is 6.42 Å². The first kappa shape index (κ1) is 15.2. The van der Waals surface area contributed by atoms with Crippen molar-refractivity contribution in [2.24, 2.45) is 5.92 Å². The minimum absolute atomic E-state index is 0.0891. The highest BCUT2D eigenvalue weighted by Crippen LogP contribution is 2.22. The molecule has 1 atom stereocenters. The number of benzene rings is 1. The van der Waals surface area contributed by atoms with Crippen LogP contribution in [0.2, 0.25) is 0 Å². The summed E-state index contributed by atoms with van der Waals surface area (Å²) in [6.45, 7) is 2.73. The predicted octanol–water partition coefficient (Wildman–Crippen LogP) is 2.13. The van der Waals surface area contributed by atoms with E-state index in [4.69, 9.17) is 0 Å². The van der Waals surface area contributed by atoms with Crippen molar-refractivity contribution in [3.8, 4) is 0 Å². The largest absolute Gasteiger partial charge is 0.371 e. The molecule has 0 spiro atoms. The van der Waals surface area contributed by atoms with Crippen LogP contribution in [0.4, 0.5) is 5.69 Å². The molecular formula is C18H20N4O. The van der Waals surface area contributed by atoms with Crippen molar-refractivity contribution in [2.75, 3.05) is 24.5 Å². The lowest BCUT2D eigenvalue weighted by molar-refractivity contribution is -0.116. The highest BCUT2D eigenvalue weighted by Gasteiger charge is 2.22. The van der Waals surface area contributed by atoms with Crippen molar-refractivity contribution in [3.05, 3.63) is 60.7 Å². The molecule has 3 rings (SSSR count). The van der Waals surface area contributed by atoms with Crippen LogP contribution in [-0.4, -0.2) is 35.5 Å². The molecule has 1 aromatic heterocycles. The lowest BCUT2D eigenvalue weighted by Gasteiger charge is -2.18. The average Bonchev–Trinajstić information content (AvgIpc) is 3.09. The van der Waals surface area contributed by atoms with Gasteiger partial charge >= 0.3 is 0 Å². The summed E-state index contributed by atoms with van der Waals surface area (Å²) in [5, 5.41) is 2.97. The Hall–Kier alpha value is -2.69. The smallest absolute Gasteiger partial charge is 0.244 e. The number of aromatic nitrogens is 2. The molecule has 1 unspecified atom stereocenters. The van der Waals surface area contributed by atoms with Gasteiger partial charge in [0, 0.05) is 43.8 Å². The normalized spacial score (nSPS) is 17.6. The Bertz CT molecular complexity index is 657. The SMILES string of the molecule is O=C(C=Cc1cnccn1)NCC1CCN(c2ccccc2)C1. The molecule has 1 saturated heterocycles. The van der Waals surface area contributed by atoms with Gasteiger partial charge in [0.25, 0.3) is 0 Å². The van der Waals surface area contributed by atoms with Crippen LogP contribution in [0.3, 0.4) is 0 Å². The zero-order valence-corrected chi connectivity index (χ0v) is 12.9. The van der Waals surface area contributed by atoms with Crippen LogP contribution in [0.25, 0.3) is 6.08 Å². The maximum Gasteiger partial charge on any atom is 0.244 e. The molecule has 1 aromatic carbocycles. The highest BCUT2D eigenvalue weighted by atomic mass is 16.1. The topological polar surface area (TPSA) is 58.1 Å². The van der Waals surface area contributed by atoms with Gasteiger partial charge in [0.15, 0.2) is 0 Å². The van der Waals surface area contributed by atoms with E-state index in [9.17, 15) is 4.79 Å².